The van der Waals surface area contributed by atoms with Crippen molar-refractivity contribution in [3.8, 4) is 5.75 Å². The zero-order valence-corrected chi connectivity index (χ0v) is 13.4. The number of nitrogens with zero attached hydrogens (tertiary/aromatic N) is 1. The number of aromatic nitrogens is 1. The second kappa shape index (κ2) is 5.84. The minimum Gasteiger partial charge on any atom is -0.497 e. The first kappa shape index (κ1) is 14.6. The minimum absolute atomic E-state index is 0.297. The van der Waals surface area contributed by atoms with Crippen molar-refractivity contribution in [3.63, 3.8) is 0 Å². The summed E-state index contributed by atoms with van der Waals surface area (Å²) < 4.78 is 10.6. The summed E-state index contributed by atoms with van der Waals surface area (Å²) in [5, 5.41) is 9.09. The fourth-order valence-corrected chi connectivity index (χ4v) is 3.01. The van der Waals surface area contributed by atoms with Crippen LogP contribution in [0.25, 0.3) is 0 Å². The Balaban J connectivity index is 1.84. The highest BCUT2D eigenvalue weighted by atomic mass is 32.1. The van der Waals surface area contributed by atoms with Gasteiger partial charge in [-0.3, -0.25) is 0 Å². The maximum Gasteiger partial charge on any atom is 0.342 e. The van der Waals surface area contributed by atoms with Crippen molar-refractivity contribution in [2.45, 2.75) is 26.1 Å². The number of thiazole rings is 1. The number of hydrogen-bond acceptors (Lipinski definition) is 7. The van der Waals surface area contributed by atoms with E-state index in [9.17, 15) is 4.79 Å². The lowest BCUT2D eigenvalue weighted by molar-refractivity contribution is 0.0323. The van der Waals surface area contributed by atoms with Crippen molar-refractivity contribution in [3.05, 3.63) is 34.8 Å². The van der Waals surface area contributed by atoms with Crippen LogP contribution >= 0.6 is 11.3 Å². The maximum absolute atomic E-state index is 12.1. The summed E-state index contributed by atoms with van der Waals surface area (Å²) in [4.78, 5) is 16.6. The van der Waals surface area contributed by atoms with Gasteiger partial charge >= 0.3 is 5.97 Å². The molecule has 1 aliphatic rings. The third-order valence-corrected chi connectivity index (χ3v) is 3.95. The predicted octanol–water partition coefficient (Wildman–Crippen LogP) is 3.25. The summed E-state index contributed by atoms with van der Waals surface area (Å²) in [5.41, 5.74) is 1.86. The van der Waals surface area contributed by atoms with E-state index in [2.05, 4.69) is 15.6 Å². The molecule has 22 heavy (non-hydrogen) atoms. The molecule has 0 spiro atoms. The van der Waals surface area contributed by atoms with E-state index in [1.807, 2.05) is 19.2 Å². The summed E-state index contributed by atoms with van der Waals surface area (Å²) in [6, 6.07) is 5.50. The van der Waals surface area contributed by atoms with E-state index < -0.39 is 6.23 Å². The zero-order chi connectivity index (χ0) is 15.7. The van der Waals surface area contributed by atoms with Crippen LogP contribution in [-0.2, 0) is 4.74 Å². The van der Waals surface area contributed by atoms with Crippen molar-refractivity contribution < 1.29 is 14.3 Å². The molecule has 2 N–H and O–H groups in total. The van der Waals surface area contributed by atoms with Crippen LogP contribution in [-0.4, -0.2) is 24.1 Å². The van der Waals surface area contributed by atoms with Crippen LogP contribution in [0.5, 0.6) is 5.75 Å². The number of methoxy groups -OCH3 is 1. The second-order valence-electron chi connectivity index (χ2n) is 5.22. The van der Waals surface area contributed by atoms with Gasteiger partial charge in [-0.25, -0.2) is 9.78 Å². The van der Waals surface area contributed by atoms with Crippen molar-refractivity contribution in [1.29, 1.82) is 0 Å². The minimum atomic E-state index is -0.592. The fourth-order valence-electron chi connectivity index (χ4n) is 2.14. The summed E-state index contributed by atoms with van der Waals surface area (Å²) in [6.07, 6.45) is -0.592. The van der Waals surface area contributed by atoms with Crippen LogP contribution in [0.3, 0.4) is 0 Å². The zero-order valence-electron chi connectivity index (χ0n) is 12.5. The van der Waals surface area contributed by atoms with Gasteiger partial charge in [0.1, 0.15) is 11.4 Å². The molecule has 6 nitrogen and oxygen atoms in total. The normalized spacial score (nSPS) is 16.7. The molecular formula is C15H17N3O3S. The molecule has 0 aliphatic carbocycles. The molecule has 1 atom stereocenters. The van der Waals surface area contributed by atoms with E-state index in [1.54, 1.807) is 25.3 Å². The first-order valence-corrected chi connectivity index (χ1v) is 7.82. The van der Waals surface area contributed by atoms with Crippen LogP contribution in [0.15, 0.2) is 23.6 Å². The van der Waals surface area contributed by atoms with Gasteiger partial charge in [0.05, 0.1) is 18.4 Å². The lowest BCUT2D eigenvalue weighted by atomic mass is 10.1. The van der Waals surface area contributed by atoms with Crippen molar-refractivity contribution >= 4 is 28.1 Å². The van der Waals surface area contributed by atoms with Crippen LogP contribution in [0.4, 0.5) is 10.8 Å². The molecule has 1 aliphatic heterocycles. The van der Waals surface area contributed by atoms with E-state index in [-0.39, 0.29) is 5.97 Å². The standard InChI is InChI=1S/C15H17N3O3S/c1-8(2)16-15-18-12(7-22-15)13-17-11-6-9(20-3)4-5-10(11)14(19)21-13/h4-8,13,17H,1-3H3,(H,16,18). The van der Waals surface area contributed by atoms with Crippen LogP contribution < -0.4 is 15.4 Å². The van der Waals surface area contributed by atoms with E-state index >= 15 is 0 Å². The Morgan fingerprint density at radius 1 is 1.45 bits per heavy atom. The molecular weight excluding hydrogens is 302 g/mol. The average molecular weight is 319 g/mol. The van der Waals surface area contributed by atoms with Gasteiger partial charge in [0, 0.05) is 17.5 Å². The van der Waals surface area contributed by atoms with Gasteiger partial charge in [-0.2, -0.15) is 0 Å². The molecule has 2 heterocycles. The number of cyclic esters (lactones) is 1. The van der Waals surface area contributed by atoms with Gasteiger partial charge < -0.3 is 20.1 Å². The number of benzene rings is 1. The average Bonchev–Trinajstić information content (AvgIpc) is 2.94. The topological polar surface area (TPSA) is 72.5 Å². The number of hydrogen-bond donors (Lipinski definition) is 2. The molecule has 7 heteroatoms. The highest BCUT2D eigenvalue weighted by Crippen LogP contribution is 2.34. The largest absolute Gasteiger partial charge is 0.497 e. The molecule has 3 rings (SSSR count). The number of carbonyl (C=O) groups is 1. The lowest BCUT2D eigenvalue weighted by Crippen LogP contribution is -2.26. The van der Waals surface area contributed by atoms with Gasteiger partial charge in [-0.05, 0) is 26.0 Å². The predicted molar refractivity (Wildman–Crippen MR) is 85.6 cm³/mol. The van der Waals surface area contributed by atoms with Gasteiger partial charge in [0.25, 0.3) is 0 Å². The van der Waals surface area contributed by atoms with Gasteiger partial charge in [-0.15, -0.1) is 11.3 Å². The number of esters is 1. The van der Waals surface area contributed by atoms with E-state index in [0.29, 0.717) is 28.7 Å². The van der Waals surface area contributed by atoms with Crippen molar-refractivity contribution in [2.75, 3.05) is 17.7 Å². The highest BCUT2D eigenvalue weighted by molar-refractivity contribution is 7.13. The number of carbonyl (C=O) groups excluding carboxylic acids is 1. The SMILES string of the molecule is COc1ccc2c(c1)NC(c1csc(NC(C)C)n1)OC2=O. The summed E-state index contributed by atoms with van der Waals surface area (Å²) in [5.74, 6) is 0.313. The van der Waals surface area contributed by atoms with Gasteiger partial charge in [0.15, 0.2) is 5.13 Å². The smallest absolute Gasteiger partial charge is 0.342 e. The Hall–Kier alpha value is -2.28. The summed E-state index contributed by atoms with van der Waals surface area (Å²) in [6.45, 7) is 4.09. The molecule has 1 unspecified atom stereocenters. The van der Waals surface area contributed by atoms with E-state index in [4.69, 9.17) is 9.47 Å². The first-order valence-electron chi connectivity index (χ1n) is 6.94. The molecule has 0 fully saturated rings. The number of nitrogens with one attached hydrogen (secondary N) is 2. The van der Waals surface area contributed by atoms with Gasteiger partial charge in [-0.1, -0.05) is 0 Å². The Bertz CT molecular complexity index is 699. The molecule has 116 valence electrons. The van der Waals surface area contributed by atoms with Gasteiger partial charge in [0.2, 0.25) is 6.23 Å². The molecule has 0 saturated carbocycles. The van der Waals surface area contributed by atoms with Crippen molar-refractivity contribution in [2.24, 2.45) is 0 Å². The van der Waals surface area contributed by atoms with Crippen LogP contribution in [0, 0.1) is 0 Å². The fraction of sp³-hybridized carbons (Fsp3) is 0.333. The third kappa shape index (κ3) is 2.85. The lowest BCUT2D eigenvalue weighted by Gasteiger charge is -2.25. The number of anilines is 2. The molecule has 0 radical (unpaired) electrons. The molecule has 0 amide bonds. The molecule has 0 bridgehead atoms. The Morgan fingerprint density at radius 2 is 2.27 bits per heavy atom. The molecule has 0 saturated heterocycles. The molecule has 2 aromatic rings. The third-order valence-electron chi connectivity index (χ3n) is 3.16. The van der Waals surface area contributed by atoms with Crippen LogP contribution in [0.1, 0.15) is 36.1 Å². The highest BCUT2D eigenvalue weighted by Gasteiger charge is 2.28. The molecule has 1 aromatic heterocycles. The maximum atomic E-state index is 12.1. The first-order chi connectivity index (χ1) is 10.6. The Kier molecular flexibility index (Phi) is 3.89. The Morgan fingerprint density at radius 3 is 3.00 bits per heavy atom. The number of fused-ring (bicyclic) bond motifs is 1. The Labute approximate surface area is 132 Å². The van der Waals surface area contributed by atoms with E-state index in [0.717, 1.165) is 5.13 Å². The summed E-state index contributed by atoms with van der Waals surface area (Å²) in [7, 11) is 1.59. The number of rotatable bonds is 4. The van der Waals surface area contributed by atoms with E-state index in [1.165, 1.54) is 11.3 Å². The monoisotopic (exact) mass is 319 g/mol. The quantitative estimate of drug-likeness (QED) is 0.843. The van der Waals surface area contributed by atoms with Crippen LogP contribution in [0.2, 0.25) is 0 Å². The number of ether oxygens (including phenoxy) is 2. The molecule has 1 aromatic carbocycles. The second-order valence-corrected chi connectivity index (χ2v) is 6.08. The summed E-state index contributed by atoms with van der Waals surface area (Å²) >= 11 is 1.48. The van der Waals surface area contributed by atoms with Crippen molar-refractivity contribution in [1.82, 2.24) is 4.98 Å².